The highest BCUT2D eigenvalue weighted by atomic mass is 35.5. The van der Waals surface area contributed by atoms with Gasteiger partial charge in [0.15, 0.2) is 0 Å². The number of nitrogens with zero attached hydrogens (tertiary/aromatic N) is 2. The summed E-state index contributed by atoms with van der Waals surface area (Å²) in [4.78, 5) is 17.2. The third-order valence-electron chi connectivity index (χ3n) is 5.41. The molecule has 0 radical (unpaired) electrons. The Labute approximate surface area is 193 Å². The first kappa shape index (κ1) is 22.2. The fourth-order valence-electron chi connectivity index (χ4n) is 3.76. The molecule has 0 bridgehead atoms. The quantitative estimate of drug-likeness (QED) is 0.586. The Hall–Kier alpha value is -3.03. The Morgan fingerprint density at radius 2 is 1.47 bits per heavy atom. The van der Waals surface area contributed by atoms with Crippen LogP contribution in [0, 0.1) is 0 Å². The highest BCUT2D eigenvalue weighted by molar-refractivity contribution is 7.91. The van der Waals surface area contributed by atoms with Crippen molar-refractivity contribution in [2.45, 2.75) is 5.75 Å². The lowest BCUT2D eigenvalue weighted by Gasteiger charge is -2.36. The highest BCUT2D eigenvalue weighted by Crippen LogP contribution is 2.23. The predicted molar refractivity (Wildman–Crippen MR) is 129 cm³/mol. The Morgan fingerprint density at radius 3 is 2.19 bits per heavy atom. The number of hydrogen-bond acceptors (Lipinski definition) is 4. The molecule has 4 rings (SSSR count). The van der Waals surface area contributed by atoms with E-state index in [1.807, 2.05) is 18.2 Å². The minimum absolute atomic E-state index is 0.186. The van der Waals surface area contributed by atoms with Crippen LogP contribution in [0.15, 0.2) is 78.9 Å². The number of piperazine rings is 1. The summed E-state index contributed by atoms with van der Waals surface area (Å²) in [6.45, 7) is 2.56. The van der Waals surface area contributed by atoms with Gasteiger partial charge < -0.3 is 9.80 Å². The zero-order valence-electron chi connectivity index (χ0n) is 17.4. The standard InChI is InChI=1S/C24H24ClN3O3S/c25-22-12-6-4-8-19(22)18-32(30,31)26-23-13-7-5-11-21(23)24(29)28-16-14-27(15-17-28)20-9-2-1-3-10-20/h1-13,26H,14-18H2. The van der Waals surface area contributed by atoms with Crippen LogP contribution in [0.4, 0.5) is 11.4 Å². The number of sulfonamides is 1. The maximum atomic E-state index is 13.2. The van der Waals surface area contributed by atoms with Gasteiger partial charge in [-0.1, -0.05) is 60.1 Å². The van der Waals surface area contributed by atoms with Crippen LogP contribution in [0.25, 0.3) is 0 Å². The summed E-state index contributed by atoms with van der Waals surface area (Å²) in [6, 6.07) is 23.6. The summed E-state index contributed by atoms with van der Waals surface area (Å²) in [5, 5.41) is 0.388. The van der Waals surface area contributed by atoms with E-state index in [1.54, 1.807) is 53.4 Å². The molecule has 3 aromatic rings. The number of hydrogen-bond donors (Lipinski definition) is 1. The summed E-state index contributed by atoms with van der Waals surface area (Å²) >= 11 is 6.12. The smallest absolute Gasteiger partial charge is 0.256 e. The summed E-state index contributed by atoms with van der Waals surface area (Å²) in [5.74, 6) is -0.459. The van der Waals surface area contributed by atoms with Gasteiger partial charge >= 0.3 is 0 Å². The molecule has 1 aliphatic heterocycles. The molecule has 166 valence electrons. The lowest BCUT2D eigenvalue weighted by Crippen LogP contribution is -2.48. The summed E-state index contributed by atoms with van der Waals surface area (Å²) in [6.07, 6.45) is 0. The average Bonchev–Trinajstić information content (AvgIpc) is 2.81. The van der Waals surface area contributed by atoms with E-state index in [-0.39, 0.29) is 17.3 Å². The maximum Gasteiger partial charge on any atom is 0.256 e. The Bertz CT molecular complexity index is 1190. The van der Waals surface area contributed by atoms with Crippen molar-refractivity contribution in [2.24, 2.45) is 0 Å². The van der Waals surface area contributed by atoms with E-state index in [0.717, 1.165) is 18.8 Å². The molecule has 6 nitrogen and oxygen atoms in total. The molecule has 1 aliphatic rings. The molecular formula is C24H24ClN3O3S. The van der Waals surface area contributed by atoms with Crippen LogP contribution in [-0.4, -0.2) is 45.4 Å². The summed E-state index contributed by atoms with van der Waals surface area (Å²) in [5.41, 5.74) is 2.24. The third kappa shape index (κ3) is 5.23. The molecule has 1 fully saturated rings. The average molecular weight is 470 g/mol. The van der Waals surface area contributed by atoms with Gasteiger partial charge in [0.1, 0.15) is 0 Å². The van der Waals surface area contributed by atoms with Gasteiger partial charge in [-0.15, -0.1) is 0 Å². The number of anilines is 2. The number of para-hydroxylation sites is 2. The monoisotopic (exact) mass is 469 g/mol. The molecule has 0 atom stereocenters. The molecule has 8 heteroatoms. The van der Waals surface area contributed by atoms with Crippen LogP contribution in [0.1, 0.15) is 15.9 Å². The fourth-order valence-corrected chi connectivity index (χ4v) is 5.29. The first-order valence-corrected chi connectivity index (χ1v) is 12.4. The summed E-state index contributed by atoms with van der Waals surface area (Å²) < 4.78 is 28.1. The van der Waals surface area contributed by atoms with Crippen molar-refractivity contribution >= 4 is 38.9 Å². The fraction of sp³-hybridized carbons (Fsp3) is 0.208. The van der Waals surface area contributed by atoms with E-state index in [4.69, 9.17) is 11.6 Å². The van der Waals surface area contributed by atoms with Crippen molar-refractivity contribution in [3.8, 4) is 0 Å². The minimum Gasteiger partial charge on any atom is -0.368 e. The summed E-state index contributed by atoms with van der Waals surface area (Å²) in [7, 11) is -3.76. The van der Waals surface area contributed by atoms with Gasteiger partial charge in [-0.05, 0) is 35.9 Å². The lowest BCUT2D eigenvalue weighted by molar-refractivity contribution is 0.0748. The number of nitrogens with one attached hydrogen (secondary N) is 1. The van der Waals surface area contributed by atoms with Crippen LogP contribution in [0.3, 0.4) is 0 Å². The van der Waals surface area contributed by atoms with Gasteiger partial charge in [0.2, 0.25) is 10.0 Å². The van der Waals surface area contributed by atoms with Crippen molar-refractivity contribution < 1.29 is 13.2 Å². The van der Waals surface area contributed by atoms with Crippen LogP contribution in [-0.2, 0) is 15.8 Å². The van der Waals surface area contributed by atoms with Crippen molar-refractivity contribution in [1.82, 2.24) is 4.90 Å². The van der Waals surface area contributed by atoms with Crippen LogP contribution in [0.2, 0.25) is 5.02 Å². The van der Waals surface area contributed by atoms with Gasteiger partial charge in [0.05, 0.1) is 17.0 Å². The van der Waals surface area contributed by atoms with Crippen LogP contribution in [0.5, 0.6) is 0 Å². The first-order valence-electron chi connectivity index (χ1n) is 10.4. The van der Waals surface area contributed by atoms with E-state index in [9.17, 15) is 13.2 Å². The predicted octanol–water partition coefficient (Wildman–Crippen LogP) is 4.24. The number of carbonyl (C=O) groups is 1. The second-order valence-electron chi connectivity index (χ2n) is 7.61. The van der Waals surface area contributed by atoms with Crippen molar-refractivity contribution in [3.63, 3.8) is 0 Å². The van der Waals surface area contributed by atoms with Crippen molar-refractivity contribution in [1.29, 1.82) is 0 Å². The number of benzene rings is 3. The van der Waals surface area contributed by atoms with Crippen molar-refractivity contribution in [3.05, 3.63) is 95.0 Å². The van der Waals surface area contributed by atoms with Crippen molar-refractivity contribution in [2.75, 3.05) is 35.8 Å². The SMILES string of the molecule is O=C(c1ccccc1NS(=O)(=O)Cc1ccccc1Cl)N1CCN(c2ccccc2)CC1. The number of halogens is 1. The largest absolute Gasteiger partial charge is 0.368 e. The van der Waals surface area contributed by atoms with Gasteiger partial charge in [-0.2, -0.15) is 0 Å². The molecule has 0 saturated carbocycles. The van der Waals surface area contributed by atoms with Crippen LogP contribution >= 0.6 is 11.6 Å². The zero-order valence-corrected chi connectivity index (χ0v) is 19.0. The number of amides is 1. The molecule has 0 aliphatic carbocycles. The molecule has 0 spiro atoms. The number of rotatable bonds is 6. The maximum absolute atomic E-state index is 13.2. The van der Waals surface area contributed by atoms with E-state index in [2.05, 4.69) is 21.8 Å². The Balaban J connectivity index is 1.46. The number of carbonyl (C=O) groups excluding carboxylic acids is 1. The molecular weight excluding hydrogens is 446 g/mol. The highest BCUT2D eigenvalue weighted by Gasteiger charge is 2.25. The minimum atomic E-state index is -3.76. The van der Waals surface area contributed by atoms with Gasteiger partial charge in [0.25, 0.3) is 5.91 Å². The molecule has 1 heterocycles. The molecule has 32 heavy (non-hydrogen) atoms. The Kier molecular flexibility index (Phi) is 6.67. The first-order chi connectivity index (χ1) is 15.4. The van der Waals surface area contributed by atoms with Crippen LogP contribution < -0.4 is 9.62 Å². The van der Waals surface area contributed by atoms with E-state index < -0.39 is 10.0 Å². The second kappa shape index (κ2) is 9.63. The molecule has 1 saturated heterocycles. The Morgan fingerprint density at radius 1 is 0.844 bits per heavy atom. The van der Waals surface area contributed by atoms with E-state index in [0.29, 0.717) is 29.2 Å². The van der Waals surface area contributed by atoms with Gasteiger partial charge in [-0.3, -0.25) is 9.52 Å². The molecule has 1 N–H and O–H groups in total. The molecule has 3 aromatic carbocycles. The molecule has 0 unspecified atom stereocenters. The lowest BCUT2D eigenvalue weighted by atomic mass is 10.1. The second-order valence-corrected chi connectivity index (χ2v) is 9.74. The molecule has 0 aromatic heterocycles. The molecule has 1 amide bonds. The topological polar surface area (TPSA) is 69.7 Å². The van der Waals surface area contributed by atoms with Gasteiger partial charge in [0, 0.05) is 36.9 Å². The van der Waals surface area contributed by atoms with E-state index in [1.165, 1.54) is 0 Å². The van der Waals surface area contributed by atoms with Gasteiger partial charge in [-0.25, -0.2) is 8.42 Å². The third-order valence-corrected chi connectivity index (χ3v) is 7.01. The van der Waals surface area contributed by atoms with E-state index >= 15 is 0 Å². The zero-order chi connectivity index (χ0) is 22.6. The normalized spacial score (nSPS) is 14.3.